The van der Waals surface area contributed by atoms with Gasteiger partial charge in [-0.1, -0.05) is 42.5 Å². The van der Waals surface area contributed by atoms with Crippen LogP contribution in [0.3, 0.4) is 0 Å². The van der Waals surface area contributed by atoms with Crippen LogP contribution in [0.25, 0.3) is 0 Å². The maximum absolute atomic E-state index is 12.6. The van der Waals surface area contributed by atoms with Crippen LogP contribution in [-0.2, 0) is 4.74 Å². The Bertz CT molecular complexity index is 702. The molecule has 1 fully saturated rings. The van der Waals surface area contributed by atoms with E-state index in [1.807, 2.05) is 54.6 Å². The molecule has 138 valence electrons. The summed E-state index contributed by atoms with van der Waals surface area (Å²) in [6.07, 6.45) is 0. The minimum absolute atomic E-state index is 0.107. The summed E-state index contributed by atoms with van der Waals surface area (Å²) in [4.78, 5) is 14.9. The van der Waals surface area contributed by atoms with Gasteiger partial charge >= 0.3 is 6.03 Å². The summed E-state index contributed by atoms with van der Waals surface area (Å²) in [5, 5.41) is 5.97. The Kier molecular flexibility index (Phi) is 6.46. The zero-order chi connectivity index (χ0) is 18.2. The van der Waals surface area contributed by atoms with E-state index in [-0.39, 0.29) is 12.1 Å². The minimum Gasteiger partial charge on any atom is -0.495 e. The summed E-state index contributed by atoms with van der Waals surface area (Å²) in [5.41, 5.74) is 1.72. The lowest BCUT2D eigenvalue weighted by Crippen LogP contribution is -2.44. The normalized spacial score (nSPS) is 15.9. The Morgan fingerprint density at radius 2 is 1.81 bits per heavy atom. The fourth-order valence-electron chi connectivity index (χ4n) is 3.03. The Balaban J connectivity index is 1.69. The number of urea groups is 1. The van der Waals surface area contributed by atoms with Crippen LogP contribution in [0.2, 0.25) is 0 Å². The van der Waals surface area contributed by atoms with Gasteiger partial charge < -0.3 is 20.1 Å². The number of para-hydroxylation sites is 2. The number of anilines is 1. The molecule has 6 nitrogen and oxygen atoms in total. The maximum atomic E-state index is 12.6. The molecular weight excluding hydrogens is 330 g/mol. The Labute approximate surface area is 154 Å². The van der Waals surface area contributed by atoms with Crippen molar-refractivity contribution in [3.8, 4) is 5.75 Å². The first-order valence-electron chi connectivity index (χ1n) is 8.82. The number of benzene rings is 2. The van der Waals surface area contributed by atoms with Gasteiger partial charge in [-0.15, -0.1) is 0 Å². The van der Waals surface area contributed by atoms with E-state index in [0.717, 1.165) is 38.4 Å². The Hall–Kier alpha value is -2.57. The monoisotopic (exact) mass is 355 g/mol. The van der Waals surface area contributed by atoms with Crippen molar-refractivity contribution in [3.63, 3.8) is 0 Å². The third kappa shape index (κ3) is 4.97. The molecule has 0 aliphatic carbocycles. The van der Waals surface area contributed by atoms with E-state index in [0.29, 0.717) is 11.4 Å². The number of carbonyl (C=O) groups is 1. The highest BCUT2D eigenvalue weighted by atomic mass is 16.5. The fraction of sp³-hybridized carbons (Fsp3) is 0.350. The topological polar surface area (TPSA) is 62.8 Å². The highest BCUT2D eigenvalue weighted by Gasteiger charge is 2.20. The molecule has 2 amide bonds. The average Bonchev–Trinajstić information content (AvgIpc) is 2.69. The van der Waals surface area contributed by atoms with Crippen molar-refractivity contribution in [2.75, 3.05) is 45.3 Å². The number of amides is 2. The van der Waals surface area contributed by atoms with Gasteiger partial charge in [-0.05, 0) is 17.7 Å². The lowest BCUT2D eigenvalue weighted by molar-refractivity contribution is 0.0340. The lowest BCUT2D eigenvalue weighted by Gasteiger charge is -2.31. The van der Waals surface area contributed by atoms with E-state index in [1.54, 1.807) is 7.11 Å². The molecule has 0 aromatic heterocycles. The molecule has 0 saturated carbocycles. The number of rotatable bonds is 6. The highest BCUT2D eigenvalue weighted by Crippen LogP contribution is 2.23. The van der Waals surface area contributed by atoms with Crippen LogP contribution in [-0.4, -0.2) is 50.9 Å². The summed E-state index contributed by atoms with van der Waals surface area (Å²) < 4.78 is 10.7. The average molecular weight is 355 g/mol. The molecule has 0 spiro atoms. The third-order valence-corrected chi connectivity index (χ3v) is 4.41. The van der Waals surface area contributed by atoms with Crippen molar-refractivity contribution in [3.05, 3.63) is 60.2 Å². The smallest absolute Gasteiger partial charge is 0.319 e. The third-order valence-electron chi connectivity index (χ3n) is 4.41. The van der Waals surface area contributed by atoms with Crippen LogP contribution >= 0.6 is 0 Å². The molecule has 1 unspecified atom stereocenters. The zero-order valence-corrected chi connectivity index (χ0v) is 15.0. The quantitative estimate of drug-likeness (QED) is 0.836. The number of methoxy groups -OCH3 is 1. The first kappa shape index (κ1) is 18.2. The van der Waals surface area contributed by atoms with Crippen molar-refractivity contribution in [2.45, 2.75) is 6.04 Å². The Morgan fingerprint density at radius 1 is 1.12 bits per heavy atom. The van der Waals surface area contributed by atoms with Crippen molar-refractivity contribution >= 4 is 11.7 Å². The number of hydrogen-bond acceptors (Lipinski definition) is 4. The summed E-state index contributed by atoms with van der Waals surface area (Å²) in [6, 6.07) is 17.0. The first-order chi connectivity index (χ1) is 12.8. The van der Waals surface area contributed by atoms with E-state index < -0.39 is 0 Å². The maximum Gasteiger partial charge on any atom is 0.319 e. The standard InChI is InChI=1S/C20H25N3O3/c1-25-19-10-6-5-9-17(19)21-20(24)22-18(16-7-3-2-4-8-16)15-23-11-13-26-14-12-23/h2-10,18H,11-15H2,1H3,(H2,21,22,24). The number of nitrogens with one attached hydrogen (secondary N) is 2. The number of hydrogen-bond donors (Lipinski definition) is 2. The first-order valence-corrected chi connectivity index (χ1v) is 8.82. The van der Waals surface area contributed by atoms with Crippen LogP contribution in [0, 0.1) is 0 Å². The fourth-order valence-corrected chi connectivity index (χ4v) is 3.03. The van der Waals surface area contributed by atoms with Crippen molar-refractivity contribution in [2.24, 2.45) is 0 Å². The van der Waals surface area contributed by atoms with Gasteiger partial charge in [0.05, 0.1) is 32.1 Å². The van der Waals surface area contributed by atoms with Crippen LogP contribution in [0.5, 0.6) is 5.75 Å². The molecule has 3 rings (SSSR count). The van der Waals surface area contributed by atoms with Gasteiger partial charge in [-0.25, -0.2) is 4.79 Å². The zero-order valence-electron chi connectivity index (χ0n) is 15.0. The summed E-state index contributed by atoms with van der Waals surface area (Å²) in [5.74, 6) is 0.632. The van der Waals surface area contributed by atoms with Gasteiger partial charge in [0.2, 0.25) is 0 Å². The molecule has 6 heteroatoms. The molecule has 1 atom stereocenters. The van der Waals surface area contributed by atoms with Gasteiger partial charge in [0.25, 0.3) is 0 Å². The van der Waals surface area contributed by atoms with E-state index in [4.69, 9.17) is 9.47 Å². The molecular formula is C20H25N3O3. The van der Waals surface area contributed by atoms with Crippen LogP contribution in [0.4, 0.5) is 10.5 Å². The number of morpholine rings is 1. The summed E-state index contributed by atoms with van der Waals surface area (Å²) in [7, 11) is 1.59. The number of nitrogens with zero attached hydrogens (tertiary/aromatic N) is 1. The van der Waals surface area contributed by atoms with E-state index in [1.165, 1.54) is 0 Å². The molecule has 1 aliphatic rings. The lowest BCUT2D eigenvalue weighted by atomic mass is 10.1. The largest absolute Gasteiger partial charge is 0.495 e. The van der Waals surface area contributed by atoms with Crippen molar-refractivity contribution < 1.29 is 14.3 Å². The highest BCUT2D eigenvalue weighted by molar-refractivity contribution is 5.91. The van der Waals surface area contributed by atoms with E-state index in [9.17, 15) is 4.79 Å². The number of ether oxygens (including phenoxy) is 2. The molecule has 1 heterocycles. The second-order valence-electron chi connectivity index (χ2n) is 6.17. The molecule has 26 heavy (non-hydrogen) atoms. The molecule has 2 N–H and O–H groups in total. The van der Waals surface area contributed by atoms with Crippen molar-refractivity contribution in [1.29, 1.82) is 0 Å². The predicted octanol–water partition coefficient (Wildman–Crippen LogP) is 2.89. The van der Waals surface area contributed by atoms with Crippen molar-refractivity contribution in [1.82, 2.24) is 10.2 Å². The molecule has 2 aromatic carbocycles. The van der Waals surface area contributed by atoms with Gasteiger partial charge in [0.1, 0.15) is 5.75 Å². The molecule has 2 aromatic rings. The van der Waals surface area contributed by atoms with Crippen LogP contribution < -0.4 is 15.4 Å². The SMILES string of the molecule is COc1ccccc1NC(=O)NC(CN1CCOCC1)c1ccccc1. The Morgan fingerprint density at radius 3 is 2.54 bits per heavy atom. The van der Waals surface area contributed by atoms with E-state index in [2.05, 4.69) is 15.5 Å². The molecule has 1 saturated heterocycles. The van der Waals surface area contributed by atoms with Crippen LogP contribution in [0.1, 0.15) is 11.6 Å². The molecule has 0 bridgehead atoms. The predicted molar refractivity (Wildman–Crippen MR) is 102 cm³/mol. The number of carbonyl (C=O) groups excluding carboxylic acids is 1. The van der Waals surface area contributed by atoms with Gasteiger partial charge in [0, 0.05) is 19.6 Å². The van der Waals surface area contributed by atoms with Gasteiger partial charge in [-0.3, -0.25) is 4.90 Å². The van der Waals surface area contributed by atoms with Crippen LogP contribution in [0.15, 0.2) is 54.6 Å². The second-order valence-corrected chi connectivity index (χ2v) is 6.17. The second kappa shape index (κ2) is 9.22. The summed E-state index contributed by atoms with van der Waals surface area (Å²) in [6.45, 7) is 3.95. The van der Waals surface area contributed by atoms with Gasteiger partial charge in [0.15, 0.2) is 0 Å². The van der Waals surface area contributed by atoms with E-state index >= 15 is 0 Å². The molecule has 1 aliphatic heterocycles. The minimum atomic E-state index is -0.253. The molecule has 0 radical (unpaired) electrons. The van der Waals surface area contributed by atoms with Gasteiger partial charge in [-0.2, -0.15) is 0 Å². The summed E-state index contributed by atoms with van der Waals surface area (Å²) >= 11 is 0.